The Bertz CT molecular complexity index is 734. The number of carbonyl (C=O) groups is 1. The number of carbonyl (C=O) groups excluding carboxylic acids is 1. The number of nitrogens with one attached hydrogen (secondary N) is 1. The summed E-state index contributed by atoms with van der Waals surface area (Å²) in [6, 6.07) is 0. The minimum Gasteiger partial charge on any atom is -0.466 e. The highest BCUT2D eigenvalue weighted by molar-refractivity contribution is 7.98. The number of thioether (sulfide) groups is 1. The Hall–Kier alpha value is -1.76. The highest BCUT2D eigenvalue weighted by Crippen LogP contribution is 2.20. The van der Waals surface area contributed by atoms with Gasteiger partial charge in [0.05, 0.1) is 5.56 Å². The summed E-state index contributed by atoms with van der Waals surface area (Å²) in [5, 5.41) is 12.5. The van der Waals surface area contributed by atoms with Crippen molar-refractivity contribution >= 4 is 17.7 Å². The standard InChI is InChI=1S/C18H28N4O2S/c1-11(2)10-22-15(20-21-18(22)25-6)8-7-9-19-17(23)16-12(3)13(4)24-14(16)5/h11H,7-10H2,1-6H3,(H,19,23). The fourth-order valence-corrected chi connectivity index (χ4v) is 3.39. The molecule has 7 heteroatoms. The highest BCUT2D eigenvalue weighted by atomic mass is 32.2. The van der Waals surface area contributed by atoms with Gasteiger partial charge in [0.2, 0.25) is 0 Å². The maximum Gasteiger partial charge on any atom is 0.255 e. The molecule has 0 aromatic carbocycles. The average molecular weight is 365 g/mol. The van der Waals surface area contributed by atoms with E-state index in [0.29, 0.717) is 23.8 Å². The number of nitrogens with zero attached hydrogens (tertiary/aromatic N) is 3. The van der Waals surface area contributed by atoms with Gasteiger partial charge in [-0.2, -0.15) is 0 Å². The first kappa shape index (κ1) is 19.6. The second-order valence-electron chi connectivity index (χ2n) is 6.68. The lowest BCUT2D eigenvalue weighted by atomic mass is 10.1. The van der Waals surface area contributed by atoms with E-state index in [4.69, 9.17) is 4.42 Å². The predicted molar refractivity (Wildman–Crippen MR) is 100 cm³/mol. The number of hydrogen-bond acceptors (Lipinski definition) is 5. The molecule has 138 valence electrons. The zero-order chi connectivity index (χ0) is 18.6. The van der Waals surface area contributed by atoms with Crippen molar-refractivity contribution in [3.63, 3.8) is 0 Å². The summed E-state index contributed by atoms with van der Waals surface area (Å²) in [7, 11) is 0. The van der Waals surface area contributed by atoms with E-state index in [1.807, 2.05) is 27.0 Å². The molecule has 0 saturated heterocycles. The topological polar surface area (TPSA) is 73.0 Å². The van der Waals surface area contributed by atoms with Crippen molar-refractivity contribution < 1.29 is 9.21 Å². The second kappa shape index (κ2) is 8.56. The number of aromatic nitrogens is 3. The molecule has 6 nitrogen and oxygen atoms in total. The lowest BCUT2D eigenvalue weighted by Crippen LogP contribution is -2.26. The second-order valence-corrected chi connectivity index (χ2v) is 7.45. The van der Waals surface area contributed by atoms with Gasteiger partial charge in [-0.25, -0.2) is 0 Å². The number of furan rings is 1. The monoisotopic (exact) mass is 364 g/mol. The van der Waals surface area contributed by atoms with Gasteiger partial charge in [0.15, 0.2) is 5.16 Å². The van der Waals surface area contributed by atoms with Gasteiger partial charge in [0, 0.05) is 25.1 Å². The molecule has 0 radical (unpaired) electrons. The maximum absolute atomic E-state index is 12.4. The van der Waals surface area contributed by atoms with Gasteiger partial charge in [-0.15, -0.1) is 10.2 Å². The fourth-order valence-electron chi connectivity index (χ4n) is 2.87. The molecule has 0 bridgehead atoms. The minimum absolute atomic E-state index is 0.0692. The van der Waals surface area contributed by atoms with Crippen molar-refractivity contribution in [3.05, 3.63) is 28.5 Å². The molecule has 0 fully saturated rings. The first-order chi connectivity index (χ1) is 11.8. The van der Waals surface area contributed by atoms with E-state index in [9.17, 15) is 4.79 Å². The molecule has 0 aliphatic rings. The predicted octanol–water partition coefficient (Wildman–Crippen LogP) is 3.54. The first-order valence-corrected chi connectivity index (χ1v) is 9.88. The SMILES string of the molecule is CSc1nnc(CCCNC(=O)c2c(C)oc(C)c2C)n1CC(C)C. The molecule has 25 heavy (non-hydrogen) atoms. The van der Waals surface area contributed by atoms with Crippen LogP contribution >= 0.6 is 11.8 Å². The summed E-state index contributed by atoms with van der Waals surface area (Å²) in [5.74, 6) is 2.93. The molecule has 1 N–H and O–H groups in total. The summed E-state index contributed by atoms with van der Waals surface area (Å²) < 4.78 is 7.71. The van der Waals surface area contributed by atoms with Gasteiger partial charge in [-0.3, -0.25) is 4.79 Å². The lowest BCUT2D eigenvalue weighted by molar-refractivity contribution is 0.0951. The summed E-state index contributed by atoms with van der Waals surface area (Å²) >= 11 is 1.61. The normalized spacial score (nSPS) is 11.3. The zero-order valence-electron chi connectivity index (χ0n) is 16.0. The molecule has 0 spiro atoms. The molecule has 0 saturated carbocycles. The van der Waals surface area contributed by atoms with Crippen molar-refractivity contribution in [2.75, 3.05) is 12.8 Å². The summed E-state index contributed by atoms with van der Waals surface area (Å²) in [6.45, 7) is 11.5. The molecular formula is C18H28N4O2S. The Morgan fingerprint density at radius 1 is 1.24 bits per heavy atom. The third-order valence-electron chi connectivity index (χ3n) is 4.17. The molecule has 0 unspecified atom stereocenters. The van der Waals surface area contributed by atoms with E-state index in [-0.39, 0.29) is 5.91 Å². The van der Waals surface area contributed by atoms with Crippen LogP contribution in [-0.2, 0) is 13.0 Å². The minimum atomic E-state index is -0.0692. The van der Waals surface area contributed by atoms with Crippen LogP contribution in [0.4, 0.5) is 0 Å². The molecular weight excluding hydrogens is 336 g/mol. The van der Waals surface area contributed by atoms with Gasteiger partial charge >= 0.3 is 0 Å². The zero-order valence-corrected chi connectivity index (χ0v) is 16.8. The quantitative estimate of drug-likeness (QED) is 0.573. The molecule has 2 heterocycles. The van der Waals surface area contributed by atoms with Crippen molar-refractivity contribution in [3.8, 4) is 0 Å². The van der Waals surface area contributed by atoms with Crippen LogP contribution in [0.1, 0.15) is 53.5 Å². The molecule has 0 aliphatic carbocycles. The molecule has 2 aromatic heterocycles. The van der Waals surface area contributed by atoms with Crippen molar-refractivity contribution in [1.29, 1.82) is 0 Å². The van der Waals surface area contributed by atoms with Crippen LogP contribution < -0.4 is 5.32 Å². The molecule has 2 aromatic rings. The molecule has 1 amide bonds. The van der Waals surface area contributed by atoms with Crippen LogP contribution in [0.5, 0.6) is 0 Å². The van der Waals surface area contributed by atoms with Gasteiger partial charge in [0.25, 0.3) is 5.91 Å². The van der Waals surface area contributed by atoms with Crippen LogP contribution in [0, 0.1) is 26.7 Å². The first-order valence-electron chi connectivity index (χ1n) is 8.66. The third kappa shape index (κ3) is 4.66. The molecule has 0 aliphatic heterocycles. The lowest BCUT2D eigenvalue weighted by Gasteiger charge is -2.11. The van der Waals surface area contributed by atoms with Crippen molar-refractivity contribution in [1.82, 2.24) is 20.1 Å². The van der Waals surface area contributed by atoms with Crippen LogP contribution in [0.2, 0.25) is 0 Å². The highest BCUT2D eigenvalue weighted by Gasteiger charge is 2.18. The smallest absolute Gasteiger partial charge is 0.255 e. The largest absolute Gasteiger partial charge is 0.466 e. The molecule has 0 atom stereocenters. The van der Waals surface area contributed by atoms with E-state index >= 15 is 0 Å². The fraction of sp³-hybridized carbons (Fsp3) is 0.611. The number of hydrogen-bond donors (Lipinski definition) is 1. The van der Waals surface area contributed by atoms with Crippen LogP contribution in [-0.4, -0.2) is 33.5 Å². The van der Waals surface area contributed by atoms with Crippen LogP contribution in [0.15, 0.2) is 9.57 Å². The van der Waals surface area contributed by atoms with Gasteiger partial charge in [-0.1, -0.05) is 25.6 Å². The number of aryl methyl sites for hydroxylation is 3. The Balaban J connectivity index is 1.91. The van der Waals surface area contributed by atoms with Crippen LogP contribution in [0.3, 0.4) is 0 Å². The van der Waals surface area contributed by atoms with Crippen LogP contribution in [0.25, 0.3) is 0 Å². The number of rotatable bonds is 8. The number of amides is 1. The summed E-state index contributed by atoms with van der Waals surface area (Å²) in [5.41, 5.74) is 1.57. The van der Waals surface area contributed by atoms with E-state index in [1.54, 1.807) is 11.8 Å². The van der Waals surface area contributed by atoms with E-state index in [0.717, 1.165) is 41.7 Å². The Labute approximate surface area is 153 Å². The van der Waals surface area contributed by atoms with E-state index in [1.165, 1.54) is 0 Å². The summed E-state index contributed by atoms with van der Waals surface area (Å²) in [6.07, 6.45) is 3.64. The average Bonchev–Trinajstić information content (AvgIpc) is 3.03. The maximum atomic E-state index is 12.4. The van der Waals surface area contributed by atoms with Crippen molar-refractivity contribution in [2.24, 2.45) is 5.92 Å². The third-order valence-corrected chi connectivity index (χ3v) is 4.84. The van der Waals surface area contributed by atoms with E-state index in [2.05, 4.69) is 33.9 Å². The summed E-state index contributed by atoms with van der Waals surface area (Å²) in [4.78, 5) is 12.4. The van der Waals surface area contributed by atoms with Gasteiger partial charge in [-0.05, 0) is 39.4 Å². The van der Waals surface area contributed by atoms with Gasteiger partial charge in [0.1, 0.15) is 17.3 Å². The Morgan fingerprint density at radius 3 is 2.52 bits per heavy atom. The molecule has 2 rings (SSSR count). The van der Waals surface area contributed by atoms with E-state index < -0.39 is 0 Å². The Kier molecular flexibility index (Phi) is 6.70. The Morgan fingerprint density at radius 2 is 1.96 bits per heavy atom. The van der Waals surface area contributed by atoms with Gasteiger partial charge < -0.3 is 14.3 Å². The van der Waals surface area contributed by atoms with Crippen molar-refractivity contribution in [2.45, 2.75) is 59.2 Å².